The van der Waals surface area contributed by atoms with E-state index in [9.17, 15) is 9.59 Å². The molecule has 0 spiro atoms. The third kappa shape index (κ3) is 6.52. The molecule has 180 valence electrons. The second kappa shape index (κ2) is 11.7. The minimum absolute atomic E-state index is 0.0440. The zero-order valence-electron chi connectivity index (χ0n) is 19.4. The van der Waals surface area contributed by atoms with Gasteiger partial charge in [-0.1, -0.05) is 79.1 Å². The number of amides is 2. The summed E-state index contributed by atoms with van der Waals surface area (Å²) in [5.41, 5.74) is 1.44. The summed E-state index contributed by atoms with van der Waals surface area (Å²) in [6.07, 6.45) is 0. The molecule has 0 saturated heterocycles. The molecule has 1 aromatic heterocycles. The van der Waals surface area contributed by atoms with Crippen molar-refractivity contribution in [2.75, 3.05) is 5.75 Å². The van der Waals surface area contributed by atoms with E-state index < -0.39 is 0 Å². The first-order chi connectivity index (χ1) is 16.2. The molecular weight excluding hydrogens is 493 g/mol. The number of carbonyl (C=O) groups excluding carboxylic acids is 2. The molecule has 2 amide bonds. The van der Waals surface area contributed by atoms with Gasteiger partial charge in [0, 0.05) is 12.6 Å². The predicted octanol–water partition coefficient (Wildman–Crippen LogP) is 5.22. The topological polar surface area (TPSA) is 88.9 Å². The molecule has 0 aliphatic rings. The van der Waals surface area contributed by atoms with Crippen molar-refractivity contribution in [3.63, 3.8) is 0 Å². The lowest BCUT2D eigenvalue weighted by atomic mass is 10.0. The molecule has 0 fully saturated rings. The highest BCUT2D eigenvalue weighted by molar-refractivity contribution is 7.99. The molecule has 10 heteroatoms. The van der Waals surface area contributed by atoms with Crippen LogP contribution in [0.1, 0.15) is 54.6 Å². The third-order valence-corrected chi connectivity index (χ3v) is 7.05. The summed E-state index contributed by atoms with van der Waals surface area (Å²) in [6, 6.07) is 14.0. The number of nitrogens with one attached hydrogen (secondary N) is 2. The van der Waals surface area contributed by atoms with Gasteiger partial charge >= 0.3 is 0 Å². The quantitative estimate of drug-likeness (QED) is 0.378. The number of halogens is 2. The Morgan fingerprint density at radius 3 is 2.35 bits per heavy atom. The van der Waals surface area contributed by atoms with Crippen LogP contribution in [-0.4, -0.2) is 32.3 Å². The molecule has 1 heterocycles. The van der Waals surface area contributed by atoms with Gasteiger partial charge in [0.25, 0.3) is 5.91 Å². The lowest BCUT2D eigenvalue weighted by Gasteiger charge is -2.22. The van der Waals surface area contributed by atoms with Crippen molar-refractivity contribution in [1.82, 2.24) is 25.4 Å². The van der Waals surface area contributed by atoms with Crippen molar-refractivity contribution >= 4 is 46.8 Å². The molecule has 7 nitrogen and oxygen atoms in total. The first kappa shape index (κ1) is 26.1. The zero-order valence-corrected chi connectivity index (χ0v) is 21.7. The van der Waals surface area contributed by atoms with Gasteiger partial charge in [-0.05, 0) is 36.6 Å². The summed E-state index contributed by atoms with van der Waals surface area (Å²) in [6.45, 7) is 5.92. The van der Waals surface area contributed by atoms with Gasteiger partial charge < -0.3 is 15.2 Å². The van der Waals surface area contributed by atoms with Crippen molar-refractivity contribution in [3.8, 4) is 0 Å². The maximum atomic E-state index is 12.8. The summed E-state index contributed by atoms with van der Waals surface area (Å²) in [7, 11) is 1.82. The number of rotatable bonds is 9. The predicted molar refractivity (Wildman–Crippen MR) is 136 cm³/mol. The summed E-state index contributed by atoms with van der Waals surface area (Å²) < 4.78 is 1.80. The average Bonchev–Trinajstić information content (AvgIpc) is 3.17. The highest BCUT2D eigenvalue weighted by atomic mass is 35.5. The molecule has 2 atom stereocenters. The highest BCUT2D eigenvalue weighted by Gasteiger charge is 2.25. The zero-order chi connectivity index (χ0) is 24.8. The van der Waals surface area contributed by atoms with E-state index in [4.69, 9.17) is 23.2 Å². The van der Waals surface area contributed by atoms with Gasteiger partial charge in [-0.3, -0.25) is 9.59 Å². The van der Waals surface area contributed by atoms with Crippen LogP contribution in [0, 0.1) is 5.92 Å². The van der Waals surface area contributed by atoms with Crippen molar-refractivity contribution in [1.29, 1.82) is 0 Å². The van der Waals surface area contributed by atoms with E-state index >= 15 is 0 Å². The van der Waals surface area contributed by atoms with Crippen molar-refractivity contribution in [2.24, 2.45) is 13.0 Å². The van der Waals surface area contributed by atoms with E-state index in [2.05, 4.69) is 20.8 Å². The number of carbonyl (C=O) groups is 2. The second-order valence-electron chi connectivity index (χ2n) is 8.21. The smallest absolute Gasteiger partial charge is 0.251 e. The number of hydrogen-bond donors (Lipinski definition) is 2. The molecule has 3 aromatic rings. The van der Waals surface area contributed by atoms with Crippen LogP contribution in [0.2, 0.25) is 10.0 Å². The summed E-state index contributed by atoms with van der Waals surface area (Å²) in [5, 5.41) is 15.8. The van der Waals surface area contributed by atoms with E-state index in [1.807, 2.05) is 58.2 Å². The fourth-order valence-corrected chi connectivity index (χ4v) is 4.38. The largest absolute Gasteiger partial charge is 0.349 e. The fraction of sp³-hybridized carbons (Fsp3) is 0.333. The van der Waals surface area contributed by atoms with Gasteiger partial charge in [-0.2, -0.15) is 0 Å². The Hall–Kier alpha value is -2.55. The Kier molecular flexibility index (Phi) is 8.99. The Labute approximate surface area is 213 Å². The minimum Gasteiger partial charge on any atom is -0.349 e. The molecular formula is C24H27Cl2N5O2S. The van der Waals surface area contributed by atoms with Gasteiger partial charge in [-0.15, -0.1) is 10.2 Å². The van der Waals surface area contributed by atoms with Crippen LogP contribution < -0.4 is 10.6 Å². The maximum Gasteiger partial charge on any atom is 0.251 e. The Balaban J connectivity index is 1.65. The van der Waals surface area contributed by atoms with Gasteiger partial charge in [-0.25, -0.2) is 0 Å². The number of hydrogen-bond acceptors (Lipinski definition) is 5. The van der Waals surface area contributed by atoms with E-state index in [0.29, 0.717) is 26.6 Å². The molecule has 3 rings (SSSR count). The molecule has 0 aliphatic heterocycles. The number of thioether (sulfide) groups is 1. The van der Waals surface area contributed by atoms with E-state index in [0.717, 1.165) is 5.56 Å². The lowest BCUT2D eigenvalue weighted by molar-refractivity contribution is -0.119. The lowest BCUT2D eigenvalue weighted by Crippen LogP contribution is -2.33. The van der Waals surface area contributed by atoms with Gasteiger partial charge in [0.2, 0.25) is 5.91 Å². The SMILES string of the molecule is CC(C)[C@H](NC(=O)c1ccc(Cl)c(Cl)c1)c1nnc(SCC(=O)N[C@@H](C)c2ccccc2)n1C. The third-order valence-electron chi connectivity index (χ3n) is 5.29. The van der Waals surface area contributed by atoms with E-state index in [1.54, 1.807) is 16.7 Å². The summed E-state index contributed by atoms with van der Waals surface area (Å²) >= 11 is 13.3. The number of aromatic nitrogens is 3. The molecule has 0 saturated carbocycles. The standard InChI is InChI=1S/C24H27Cl2N5O2S/c1-14(2)21(28-23(33)17-10-11-18(25)19(26)12-17)22-29-30-24(31(22)4)34-13-20(32)27-15(3)16-8-6-5-7-9-16/h5-12,14-15,21H,13H2,1-4H3,(H,27,32)(H,28,33)/t15-,21-/m0/s1. The Morgan fingerprint density at radius 2 is 1.71 bits per heavy atom. The molecule has 2 N–H and O–H groups in total. The highest BCUT2D eigenvalue weighted by Crippen LogP contribution is 2.26. The molecule has 0 aliphatic carbocycles. The van der Waals surface area contributed by atoms with Crippen LogP contribution in [0.5, 0.6) is 0 Å². The normalized spacial score (nSPS) is 12.9. The van der Waals surface area contributed by atoms with E-state index in [-0.39, 0.29) is 35.6 Å². The van der Waals surface area contributed by atoms with Gasteiger partial charge in [0.05, 0.1) is 27.9 Å². The number of benzene rings is 2. The van der Waals surface area contributed by atoms with E-state index in [1.165, 1.54) is 17.8 Å². The monoisotopic (exact) mass is 519 g/mol. The van der Waals surface area contributed by atoms with Crippen LogP contribution in [0.15, 0.2) is 53.7 Å². The average molecular weight is 520 g/mol. The molecule has 0 radical (unpaired) electrons. The Morgan fingerprint density at radius 1 is 1.00 bits per heavy atom. The summed E-state index contributed by atoms with van der Waals surface area (Å²) in [4.78, 5) is 25.3. The first-order valence-corrected chi connectivity index (χ1v) is 12.5. The minimum atomic E-state index is -0.388. The van der Waals surface area contributed by atoms with Crippen LogP contribution in [0.3, 0.4) is 0 Å². The van der Waals surface area contributed by atoms with Crippen LogP contribution in [0.4, 0.5) is 0 Å². The maximum absolute atomic E-state index is 12.8. The molecule has 0 unspecified atom stereocenters. The fourth-order valence-electron chi connectivity index (χ4n) is 3.35. The van der Waals surface area contributed by atoms with Crippen molar-refractivity contribution < 1.29 is 9.59 Å². The molecule has 2 aromatic carbocycles. The van der Waals surface area contributed by atoms with Crippen LogP contribution >= 0.6 is 35.0 Å². The number of nitrogens with zero attached hydrogens (tertiary/aromatic N) is 3. The van der Waals surface area contributed by atoms with Crippen LogP contribution in [0.25, 0.3) is 0 Å². The molecule has 0 bridgehead atoms. The van der Waals surface area contributed by atoms with Gasteiger partial charge in [0.15, 0.2) is 11.0 Å². The van der Waals surface area contributed by atoms with Crippen molar-refractivity contribution in [3.05, 3.63) is 75.5 Å². The second-order valence-corrected chi connectivity index (χ2v) is 9.97. The van der Waals surface area contributed by atoms with Crippen molar-refractivity contribution in [2.45, 2.75) is 38.0 Å². The van der Waals surface area contributed by atoms with Crippen LogP contribution in [-0.2, 0) is 11.8 Å². The van der Waals surface area contributed by atoms with Gasteiger partial charge in [0.1, 0.15) is 0 Å². The Bertz CT molecular complexity index is 1150. The summed E-state index contributed by atoms with van der Waals surface area (Å²) in [5.74, 6) is 0.458. The molecule has 34 heavy (non-hydrogen) atoms. The first-order valence-electron chi connectivity index (χ1n) is 10.8.